The van der Waals surface area contributed by atoms with Crippen LogP contribution >= 0.6 is 0 Å². The summed E-state index contributed by atoms with van der Waals surface area (Å²) in [5.74, 6) is 0.0538. The van der Waals surface area contributed by atoms with Crippen molar-refractivity contribution in [3.8, 4) is 6.07 Å². The molecule has 1 fully saturated rings. The summed E-state index contributed by atoms with van der Waals surface area (Å²) < 4.78 is 5.34. The topological polar surface area (TPSA) is 62.1 Å². The smallest absolute Gasteiger partial charge is 0.228 e. The number of anilines is 1. The number of hydrogen-bond acceptors (Lipinski definition) is 3. The number of nitriles is 1. The summed E-state index contributed by atoms with van der Waals surface area (Å²) in [7, 11) is 0. The third-order valence-corrected chi connectivity index (χ3v) is 3.81. The highest BCUT2D eigenvalue weighted by molar-refractivity contribution is 5.99. The number of nitrogens with zero attached hydrogens (tertiary/aromatic N) is 1. The molecule has 0 radical (unpaired) electrons. The molecule has 2 aliphatic heterocycles. The second-order valence-corrected chi connectivity index (χ2v) is 5.03. The first kappa shape index (κ1) is 11.2. The maximum atomic E-state index is 11.3. The van der Waals surface area contributed by atoms with Crippen LogP contribution in [0.4, 0.5) is 5.69 Å². The molecule has 1 saturated heterocycles. The zero-order chi connectivity index (χ0) is 12.6. The molecule has 0 atom stereocenters. The van der Waals surface area contributed by atoms with Crippen LogP contribution in [0.2, 0.25) is 0 Å². The number of ether oxygens (including phenoxy) is 1. The zero-order valence-corrected chi connectivity index (χ0v) is 10.0. The van der Waals surface area contributed by atoms with Gasteiger partial charge in [0.2, 0.25) is 5.91 Å². The Balaban J connectivity index is 1.90. The lowest BCUT2D eigenvalue weighted by atomic mass is 9.74. The molecule has 0 unspecified atom stereocenters. The Labute approximate surface area is 106 Å². The van der Waals surface area contributed by atoms with Crippen molar-refractivity contribution < 1.29 is 9.53 Å². The summed E-state index contributed by atoms with van der Waals surface area (Å²) in [5.41, 5.74) is 3.15. The number of carbonyl (C=O) groups excluding carboxylic acids is 1. The van der Waals surface area contributed by atoms with Crippen molar-refractivity contribution in [1.82, 2.24) is 0 Å². The molecule has 1 aromatic rings. The van der Waals surface area contributed by atoms with Crippen LogP contribution in [0.1, 0.15) is 24.0 Å². The van der Waals surface area contributed by atoms with Gasteiger partial charge in [-0.15, -0.1) is 0 Å². The number of nitrogens with one attached hydrogen (secondary N) is 1. The average molecular weight is 242 g/mol. The Kier molecular flexibility index (Phi) is 2.57. The zero-order valence-electron chi connectivity index (χ0n) is 10.0. The van der Waals surface area contributed by atoms with Crippen LogP contribution in [-0.2, 0) is 21.4 Å². The fourth-order valence-corrected chi connectivity index (χ4v) is 2.66. The molecule has 0 aromatic heterocycles. The molecule has 1 N–H and O–H groups in total. The van der Waals surface area contributed by atoms with E-state index < -0.39 is 0 Å². The molecule has 2 aliphatic rings. The molecule has 0 spiro atoms. The number of amides is 1. The van der Waals surface area contributed by atoms with Gasteiger partial charge in [0.15, 0.2) is 0 Å². The SMILES string of the molecule is N#CCCC1(c2ccc3c(c2)CC(=O)N3)COC1. The van der Waals surface area contributed by atoms with E-state index >= 15 is 0 Å². The molecule has 1 amide bonds. The molecular formula is C14H14N2O2. The first-order chi connectivity index (χ1) is 8.73. The van der Waals surface area contributed by atoms with Crippen LogP contribution in [0.25, 0.3) is 0 Å². The van der Waals surface area contributed by atoms with Crippen LogP contribution in [-0.4, -0.2) is 19.1 Å². The Hall–Kier alpha value is -1.86. The molecule has 0 saturated carbocycles. The van der Waals surface area contributed by atoms with E-state index in [4.69, 9.17) is 10.00 Å². The summed E-state index contributed by atoms with van der Waals surface area (Å²) in [6, 6.07) is 8.30. The fourth-order valence-electron chi connectivity index (χ4n) is 2.66. The van der Waals surface area contributed by atoms with Gasteiger partial charge in [-0.2, -0.15) is 5.26 Å². The summed E-state index contributed by atoms with van der Waals surface area (Å²) >= 11 is 0. The van der Waals surface area contributed by atoms with Gasteiger partial charge in [-0.25, -0.2) is 0 Å². The maximum absolute atomic E-state index is 11.3. The average Bonchev–Trinajstić information content (AvgIpc) is 2.67. The van der Waals surface area contributed by atoms with Crippen LogP contribution in [0.15, 0.2) is 18.2 Å². The quantitative estimate of drug-likeness (QED) is 0.878. The van der Waals surface area contributed by atoms with Gasteiger partial charge in [-0.3, -0.25) is 4.79 Å². The number of hydrogen-bond donors (Lipinski definition) is 1. The Morgan fingerprint density at radius 3 is 2.94 bits per heavy atom. The van der Waals surface area contributed by atoms with Gasteiger partial charge in [-0.05, 0) is 23.6 Å². The molecule has 4 heteroatoms. The minimum Gasteiger partial charge on any atom is -0.379 e. The minimum absolute atomic E-state index is 0.0175. The van der Waals surface area contributed by atoms with Gasteiger partial charge in [0.1, 0.15) is 0 Å². The summed E-state index contributed by atoms with van der Waals surface area (Å²) in [6.07, 6.45) is 1.82. The third kappa shape index (κ3) is 1.68. The van der Waals surface area contributed by atoms with Crippen LogP contribution in [0.5, 0.6) is 0 Å². The Bertz CT molecular complexity index is 541. The van der Waals surface area contributed by atoms with E-state index in [0.717, 1.165) is 17.7 Å². The molecule has 92 valence electrons. The Morgan fingerprint density at radius 2 is 2.28 bits per heavy atom. The van der Waals surface area contributed by atoms with E-state index in [0.29, 0.717) is 26.1 Å². The lowest BCUT2D eigenvalue weighted by molar-refractivity contribution is -0.115. The second-order valence-electron chi connectivity index (χ2n) is 5.03. The van der Waals surface area contributed by atoms with E-state index in [1.165, 1.54) is 5.56 Å². The lowest BCUT2D eigenvalue weighted by Gasteiger charge is -2.42. The van der Waals surface area contributed by atoms with Gasteiger partial charge in [-0.1, -0.05) is 12.1 Å². The van der Waals surface area contributed by atoms with Crippen molar-refractivity contribution in [2.24, 2.45) is 0 Å². The fraction of sp³-hybridized carbons (Fsp3) is 0.429. The summed E-state index contributed by atoms with van der Waals surface area (Å²) in [5, 5.41) is 11.6. The number of fused-ring (bicyclic) bond motifs is 1. The number of benzene rings is 1. The molecule has 0 aliphatic carbocycles. The standard InChI is InChI=1S/C14H14N2O2/c15-5-1-4-14(8-18-9-14)11-2-3-12-10(6-11)7-13(17)16-12/h2-3,6H,1,4,7-9H2,(H,16,17). The number of carbonyl (C=O) groups is 1. The van der Waals surface area contributed by atoms with E-state index in [2.05, 4.69) is 17.5 Å². The molecular weight excluding hydrogens is 228 g/mol. The number of rotatable bonds is 3. The molecule has 0 bridgehead atoms. The van der Waals surface area contributed by atoms with Crippen molar-refractivity contribution in [2.45, 2.75) is 24.7 Å². The highest BCUT2D eigenvalue weighted by Gasteiger charge is 2.40. The first-order valence-corrected chi connectivity index (χ1v) is 6.11. The van der Waals surface area contributed by atoms with Crippen LogP contribution in [0.3, 0.4) is 0 Å². The van der Waals surface area contributed by atoms with Gasteiger partial charge >= 0.3 is 0 Å². The van der Waals surface area contributed by atoms with Gasteiger partial charge in [0, 0.05) is 17.5 Å². The third-order valence-electron chi connectivity index (χ3n) is 3.81. The van der Waals surface area contributed by atoms with E-state index in [-0.39, 0.29) is 11.3 Å². The largest absolute Gasteiger partial charge is 0.379 e. The van der Waals surface area contributed by atoms with Gasteiger partial charge in [0.25, 0.3) is 0 Å². The van der Waals surface area contributed by atoms with Crippen molar-refractivity contribution in [3.05, 3.63) is 29.3 Å². The first-order valence-electron chi connectivity index (χ1n) is 6.11. The van der Waals surface area contributed by atoms with Crippen LogP contribution in [0, 0.1) is 11.3 Å². The maximum Gasteiger partial charge on any atom is 0.228 e. The van der Waals surface area contributed by atoms with Gasteiger partial charge < -0.3 is 10.1 Å². The Morgan fingerprint density at radius 1 is 1.44 bits per heavy atom. The normalized spacial score (nSPS) is 19.6. The predicted octanol–water partition coefficient (Wildman–Crippen LogP) is 1.75. The monoisotopic (exact) mass is 242 g/mol. The van der Waals surface area contributed by atoms with Crippen molar-refractivity contribution in [3.63, 3.8) is 0 Å². The molecule has 2 heterocycles. The molecule has 3 rings (SSSR count). The lowest BCUT2D eigenvalue weighted by Crippen LogP contribution is -2.46. The van der Waals surface area contributed by atoms with Crippen molar-refractivity contribution in [2.75, 3.05) is 18.5 Å². The van der Waals surface area contributed by atoms with Crippen LogP contribution < -0.4 is 5.32 Å². The summed E-state index contributed by atoms with van der Waals surface area (Å²) in [6.45, 7) is 1.35. The molecule has 18 heavy (non-hydrogen) atoms. The minimum atomic E-state index is -0.0175. The highest BCUT2D eigenvalue weighted by atomic mass is 16.5. The highest BCUT2D eigenvalue weighted by Crippen LogP contribution is 2.39. The van der Waals surface area contributed by atoms with E-state index in [9.17, 15) is 4.79 Å². The van der Waals surface area contributed by atoms with Crippen molar-refractivity contribution >= 4 is 11.6 Å². The molecule has 4 nitrogen and oxygen atoms in total. The van der Waals surface area contributed by atoms with Crippen molar-refractivity contribution in [1.29, 1.82) is 5.26 Å². The van der Waals surface area contributed by atoms with E-state index in [1.54, 1.807) is 0 Å². The summed E-state index contributed by atoms with van der Waals surface area (Å²) in [4.78, 5) is 11.3. The van der Waals surface area contributed by atoms with E-state index in [1.807, 2.05) is 12.1 Å². The predicted molar refractivity (Wildman–Crippen MR) is 66.1 cm³/mol. The van der Waals surface area contributed by atoms with Gasteiger partial charge in [0.05, 0.1) is 25.7 Å². The second kappa shape index (κ2) is 4.11. The molecule has 1 aromatic carbocycles.